The number of rotatable bonds is 8. The third kappa shape index (κ3) is 5.42. The van der Waals surface area contributed by atoms with Crippen LogP contribution in [0, 0.1) is 0 Å². The Morgan fingerprint density at radius 3 is 2.95 bits per heavy atom. The summed E-state index contributed by atoms with van der Waals surface area (Å²) in [5, 5.41) is 2.97. The smallest absolute Gasteiger partial charge is 0.271 e. The van der Waals surface area contributed by atoms with Crippen LogP contribution < -0.4 is 16.6 Å². The number of carbonyl (C=O) groups excluding carboxylic acids is 1. The molecular formula is C12H19ClN4O2. The SMILES string of the molecule is CCCCOCCNC(=O)c1nc(NN)ccc1Cl. The molecular weight excluding hydrogens is 268 g/mol. The number of nitrogen functional groups attached to an aromatic ring is 1. The van der Waals surface area contributed by atoms with Crippen LogP contribution in [0.4, 0.5) is 5.82 Å². The number of ether oxygens (including phenoxy) is 1. The first-order valence-corrected chi connectivity index (χ1v) is 6.56. The molecule has 0 saturated heterocycles. The second-order valence-corrected chi connectivity index (χ2v) is 4.30. The number of carbonyl (C=O) groups is 1. The number of pyridine rings is 1. The Morgan fingerprint density at radius 2 is 2.26 bits per heavy atom. The van der Waals surface area contributed by atoms with Gasteiger partial charge in [-0.3, -0.25) is 4.79 Å². The van der Waals surface area contributed by atoms with E-state index in [4.69, 9.17) is 22.2 Å². The maximum Gasteiger partial charge on any atom is 0.271 e. The fourth-order valence-corrected chi connectivity index (χ4v) is 1.54. The average Bonchev–Trinajstić information content (AvgIpc) is 2.43. The number of hydrazine groups is 1. The summed E-state index contributed by atoms with van der Waals surface area (Å²) in [6.07, 6.45) is 2.11. The molecule has 0 aromatic carbocycles. The normalized spacial score (nSPS) is 10.3. The quantitative estimate of drug-likeness (QED) is 0.383. The molecule has 1 aromatic rings. The highest BCUT2D eigenvalue weighted by molar-refractivity contribution is 6.33. The van der Waals surface area contributed by atoms with Crippen molar-refractivity contribution in [3.63, 3.8) is 0 Å². The lowest BCUT2D eigenvalue weighted by Gasteiger charge is -2.08. The Labute approximate surface area is 117 Å². The van der Waals surface area contributed by atoms with Gasteiger partial charge in [-0.1, -0.05) is 24.9 Å². The van der Waals surface area contributed by atoms with Crippen molar-refractivity contribution in [2.24, 2.45) is 5.84 Å². The van der Waals surface area contributed by atoms with Gasteiger partial charge < -0.3 is 15.5 Å². The largest absolute Gasteiger partial charge is 0.380 e. The van der Waals surface area contributed by atoms with Crippen LogP contribution in [0.2, 0.25) is 5.02 Å². The summed E-state index contributed by atoms with van der Waals surface area (Å²) >= 11 is 5.91. The zero-order chi connectivity index (χ0) is 14.1. The van der Waals surface area contributed by atoms with E-state index in [-0.39, 0.29) is 16.6 Å². The number of nitrogens with zero attached hydrogens (tertiary/aromatic N) is 1. The molecule has 1 rings (SSSR count). The third-order valence-corrected chi connectivity index (χ3v) is 2.69. The Balaban J connectivity index is 2.40. The number of nitrogens with one attached hydrogen (secondary N) is 2. The van der Waals surface area contributed by atoms with Gasteiger partial charge in [0.05, 0.1) is 11.6 Å². The maximum atomic E-state index is 11.8. The Bertz CT molecular complexity index is 415. The Hall–Kier alpha value is -1.37. The highest BCUT2D eigenvalue weighted by Crippen LogP contribution is 2.15. The fourth-order valence-electron chi connectivity index (χ4n) is 1.35. The van der Waals surface area contributed by atoms with E-state index in [1.165, 1.54) is 0 Å². The second kappa shape index (κ2) is 8.68. The molecule has 19 heavy (non-hydrogen) atoms. The van der Waals surface area contributed by atoms with Crippen molar-refractivity contribution < 1.29 is 9.53 Å². The minimum absolute atomic E-state index is 0.144. The first-order chi connectivity index (χ1) is 9.19. The van der Waals surface area contributed by atoms with Crippen molar-refractivity contribution in [1.82, 2.24) is 10.3 Å². The van der Waals surface area contributed by atoms with Crippen LogP contribution in [0.1, 0.15) is 30.3 Å². The number of nitrogens with two attached hydrogens (primary N) is 1. The Morgan fingerprint density at radius 1 is 1.47 bits per heavy atom. The van der Waals surface area contributed by atoms with E-state index in [1.807, 2.05) is 0 Å². The number of hydrogen-bond donors (Lipinski definition) is 3. The molecule has 4 N–H and O–H groups in total. The van der Waals surface area contributed by atoms with Gasteiger partial charge in [0, 0.05) is 13.2 Å². The summed E-state index contributed by atoms with van der Waals surface area (Å²) in [4.78, 5) is 15.8. The van der Waals surface area contributed by atoms with Crippen LogP contribution in [0.25, 0.3) is 0 Å². The van der Waals surface area contributed by atoms with Gasteiger partial charge in [0.2, 0.25) is 0 Å². The van der Waals surface area contributed by atoms with Gasteiger partial charge in [-0.25, -0.2) is 10.8 Å². The van der Waals surface area contributed by atoms with Crippen molar-refractivity contribution in [1.29, 1.82) is 0 Å². The first kappa shape index (κ1) is 15.7. The summed E-state index contributed by atoms with van der Waals surface area (Å²) < 4.78 is 5.33. The number of halogens is 1. The van der Waals surface area contributed by atoms with E-state index in [2.05, 4.69) is 22.7 Å². The van der Waals surface area contributed by atoms with Gasteiger partial charge in [-0.2, -0.15) is 0 Å². The number of unbranched alkanes of at least 4 members (excludes halogenated alkanes) is 1. The predicted octanol–water partition coefficient (Wildman–Crippen LogP) is 1.57. The summed E-state index contributed by atoms with van der Waals surface area (Å²) in [5.74, 6) is 5.27. The average molecular weight is 287 g/mol. The zero-order valence-corrected chi connectivity index (χ0v) is 11.7. The van der Waals surface area contributed by atoms with E-state index >= 15 is 0 Å². The van der Waals surface area contributed by atoms with E-state index in [9.17, 15) is 4.79 Å². The maximum absolute atomic E-state index is 11.8. The number of hydrogen-bond acceptors (Lipinski definition) is 5. The minimum Gasteiger partial charge on any atom is -0.380 e. The van der Waals surface area contributed by atoms with Gasteiger partial charge >= 0.3 is 0 Å². The lowest BCUT2D eigenvalue weighted by Crippen LogP contribution is -2.28. The molecule has 0 aliphatic rings. The summed E-state index contributed by atoms with van der Waals surface area (Å²) in [6.45, 7) is 3.69. The van der Waals surface area contributed by atoms with Gasteiger partial charge in [-0.15, -0.1) is 0 Å². The standard InChI is InChI=1S/C12H19ClN4O2/c1-2-3-7-19-8-6-15-12(18)11-9(13)4-5-10(16-11)17-14/h4-5H,2-3,6-8,14H2,1H3,(H,15,18)(H,16,17). The lowest BCUT2D eigenvalue weighted by molar-refractivity contribution is 0.0908. The Kier molecular flexibility index (Phi) is 7.17. The van der Waals surface area contributed by atoms with Gasteiger partial charge in [0.15, 0.2) is 0 Å². The fraction of sp³-hybridized carbons (Fsp3) is 0.500. The molecule has 1 amide bonds. The van der Waals surface area contributed by atoms with Crippen LogP contribution in [-0.4, -0.2) is 30.6 Å². The zero-order valence-electron chi connectivity index (χ0n) is 10.9. The van der Waals surface area contributed by atoms with Gasteiger partial charge in [-0.05, 0) is 18.6 Å². The monoisotopic (exact) mass is 286 g/mol. The topological polar surface area (TPSA) is 89.3 Å². The van der Waals surface area contributed by atoms with Crippen molar-refractivity contribution in [2.45, 2.75) is 19.8 Å². The van der Waals surface area contributed by atoms with Crippen LogP contribution in [0.15, 0.2) is 12.1 Å². The molecule has 0 saturated carbocycles. The first-order valence-electron chi connectivity index (χ1n) is 6.18. The molecule has 1 heterocycles. The molecule has 0 unspecified atom stereocenters. The molecule has 6 nitrogen and oxygen atoms in total. The van der Waals surface area contributed by atoms with Crippen LogP contribution in [0.3, 0.4) is 0 Å². The molecule has 0 aliphatic carbocycles. The van der Waals surface area contributed by atoms with E-state index in [1.54, 1.807) is 12.1 Å². The second-order valence-electron chi connectivity index (χ2n) is 3.89. The summed E-state index contributed by atoms with van der Waals surface area (Å²) in [6, 6.07) is 3.16. The van der Waals surface area contributed by atoms with E-state index < -0.39 is 0 Å². The number of aromatic nitrogens is 1. The van der Waals surface area contributed by atoms with Crippen LogP contribution in [-0.2, 0) is 4.74 Å². The highest BCUT2D eigenvalue weighted by atomic mass is 35.5. The van der Waals surface area contributed by atoms with E-state index in [0.717, 1.165) is 12.8 Å². The number of amides is 1. The van der Waals surface area contributed by atoms with Crippen LogP contribution >= 0.6 is 11.6 Å². The molecule has 0 radical (unpaired) electrons. The molecule has 106 valence electrons. The molecule has 0 fully saturated rings. The van der Waals surface area contributed by atoms with Crippen molar-refractivity contribution in [3.05, 3.63) is 22.8 Å². The summed E-state index contributed by atoms with van der Waals surface area (Å²) in [5.41, 5.74) is 2.51. The molecule has 0 atom stereocenters. The molecule has 0 aliphatic heterocycles. The number of anilines is 1. The molecule has 1 aromatic heterocycles. The van der Waals surface area contributed by atoms with Crippen molar-refractivity contribution in [3.8, 4) is 0 Å². The molecule has 0 bridgehead atoms. The third-order valence-electron chi connectivity index (χ3n) is 2.38. The van der Waals surface area contributed by atoms with Crippen molar-refractivity contribution >= 4 is 23.3 Å². The van der Waals surface area contributed by atoms with E-state index in [0.29, 0.717) is 25.6 Å². The van der Waals surface area contributed by atoms with Crippen LogP contribution in [0.5, 0.6) is 0 Å². The molecule has 7 heteroatoms. The van der Waals surface area contributed by atoms with Gasteiger partial charge in [0.1, 0.15) is 11.5 Å². The minimum atomic E-state index is -0.346. The summed E-state index contributed by atoms with van der Waals surface area (Å²) in [7, 11) is 0. The lowest BCUT2D eigenvalue weighted by atomic mass is 10.3. The van der Waals surface area contributed by atoms with Crippen molar-refractivity contribution in [2.75, 3.05) is 25.2 Å². The molecule has 0 spiro atoms. The van der Waals surface area contributed by atoms with Gasteiger partial charge in [0.25, 0.3) is 5.91 Å². The predicted molar refractivity (Wildman–Crippen MR) is 75.1 cm³/mol. The highest BCUT2D eigenvalue weighted by Gasteiger charge is 2.12.